The fourth-order valence-electron chi connectivity index (χ4n) is 6.83. The second kappa shape index (κ2) is 16.3. The second-order valence-corrected chi connectivity index (χ2v) is 12.3. The lowest BCUT2D eigenvalue weighted by Gasteiger charge is -2.36. The third kappa shape index (κ3) is 8.37. The Morgan fingerprint density at radius 1 is 0.958 bits per heavy atom. The molecular weight excluding hydrogens is 612 g/mol. The van der Waals surface area contributed by atoms with Crippen molar-refractivity contribution in [3.05, 3.63) is 101 Å². The van der Waals surface area contributed by atoms with Crippen LogP contribution < -0.4 is 4.74 Å². The number of allylic oxidation sites excluding steroid dienone is 1. The molecule has 0 bridgehead atoms. The molecule has 0 radical (unpaired) electrons. The number of unbranched alkanes of at least 4 members (excludes halogenated alkanes) is 2. The number of aliphatic carboxylic acids is 1. The van der Waals surface area contributed by atoms with E-state index in [4.69, 9.17) is 9.84 Å². The van der Waals surface area contributed by atoms with E-state index in [2.05, 4.69) is 4.98 Å². The van der Waals surface area contributed by atoms with Gasteiger partial charge in [0.2, 0.25) is 11.8 Å². The standard InChI is InChI=1S/C38H42N2O8/c41-23-31-35(33(43)18-15-26(32-11-6-7-19-39-32)21-25-13-16-28(42)17-14-25)27(24-48-29-9-3-1-4-10-29)22-30-36(31)38(47)40(37(30)46)20-8-2-5-12-34(44)45/h1,3-4,6-7,9-11,13-14,16-17,19,21,30-31,33,36,41-43H,2,5,8,12,15,18,20,22-24H2,(H,44,45)/b26-21-/t30-,31+,33-,36-/m1/s1. The van der Waals surface area contributed by atoms with Crippen molar-refractivity contribution in [2.24, 2.45) is 17.8 Å². The Labute approximate surface area is 280 Å². The average Bonchev–Trinajstić information content (AvgIpc) is 3.34. The fourth-order valence-corrected chi connectivity index (χ4v) is 6.83. The van der Waals surface area contributed by atoms with E-state index in [0.29, 0.717) is 42.6 Å². The van der Waals surface area contributed by atoms with Gasteiger partial charge in [0.15, 0.2) is 0 Å². The minimum absolute atomic E-state index is 0.0296. The summed E-state index contributed by atoms with van der Waals surface area (Å²) in [6, 6.07) is 21.6. The van der Waals surface area contributed by atoms with Crippen LogP contribution in [0.5, 0.6) is 11.5 Å². The third-order valence-corrected chi connectivity index (χ3v) is 9.17. The molecule has 10 nitrogen and oxygen atoms in total. The van der Waals surface area contributed by atoms with Gasteiger partial charge in [0.1, 0.15) is 18.1 Å². The maximum Gasteiger partial charge on any atom is 0.303 e. The topological polar surface area (TPSA) is 157 Å². The van der Waals surface area contributed by atoms with Crippen molar-refractivity contribution in [3.63, 3.8) is 0 Å². The van der Waals surface area contributed by atoms with E-state index in [0.717, 1.165) is 16.8 Å². The highest BCUT2D eigenvalue weighted by molar-refractivity contribution is 6.05. The van der Waals surface area contributed by atoms with Gasteiger partial charge in [0.05, 0.1) is 30.2 Å². The largest absolute Gasteiger partial charge is 0.508 e. The average molecular weight is 655 g/mol. The Morgan fingerprint density at radius 2 is 1.71 bits per heavy atom. The Bertz CT molecular complexity index is 1620. The van der Waals surface area contributed by atoms with Gasteiger partial charge in [-0.15, -0.1) is 0 Å². The van der Waals surface area contributed by atoms with Crippen molar-refractivity contribution in [2.45, 2.75) is 51.0 Å². The number of phenolic OH excluding ortho intramolecular Hbond substituents is 1. The number of para-hydroxylation sites is 1. The highest BCUT2D eigenvalue weighted by Gasteiger charge is 2.54. The first kappa shape index (κ1) is 34.5. The lowest BCUT2D eigenvalue weighted by Crippen LogP contribution is -2.40. The quantitative estimate of drug-likeness (QED) is 0.0937. The fraction of sp³-hybridized carbons (Fsp3) is 0.368. The number of pyridine rings is 1. The molecule has 4 N–H and O–H groups in total. The molecule has 0 unspecified atom stereocenters. The highest BCUT2D eigenvalue weighted by atomic mass is 16.5. The number of carbonyl (C=O) groups excluding carboxylic acids is 2. The van der Waals surface area contributed by atoms with Crippen molar-refractivity contribution >= 4 is 29.4 Å². The van der Waals surface area contributed by atoms with Gasteiger partial charge >= 0.3 is 5.97 Å². The molecule has 1 aliphatic carbocycles. The molecule has 2 aromatic carbocycles. The number of aromatic nitrogens is 1. The van der Waals surface area contributed by atoms with Gasteiger partial charge in [-0.3, -0.25) is 24.3 Å². The summed E-state index contributed by atoms with van der Waals surface area (Å²) in [6.45, 7) is -0.154. The maximum atomic E-state index is 13.8. The SMILES string of the molecule is O=C(O)CCCCCN1C(=O)[C@@H]2[C@@H](CC(COc3ccccc3)=C([C@H](O)CC/C(=C/c3ccc(O)cc3)c3ccccn3)[C@@H]2CO)C1=O. The zero-order chi connectivity index (χ0) is 34.0. The number of phenols is 1. The molecule has 0 spiro atoms. The minimum Gasteiger partial charge on any atom is -0.508 e. The summed E-state index contributed by atoms with van der Waals surface area (Å²) < 4.78 is 6.10. The van der Waals surface area contributed by atoms with E-state index in [1.165, 1.54) is 4.90 Å². The molecule has 2 aliphatic rings. The first-order valence-corrected chi connectivity index (χ1v) is 16.4. The molecule has 2 amide bonds. The number of aliphatic hydroxyl groups excluding tert-OH is 2. The summed E-state index contributed by atoms with van der Waals surface area (Å²) in [6.07, 6.45) is 5.04. The molecule has 4 atom stereocenters. The van der Waals surface area contributed by atoms with Crippen molar-refractivity contribution in [3.8, 4) is 11.5 Å². The molecule has 3 aromatic rings. The molecule has 1 aromatic heterocycles. The Hall–Kier alpha value is -4.80. The first-order chi connectivity index (χ1) is 23.3. The first-order valence-electron chi connectivity index (χ1n) is 16.4. The number of nitrogens with zero attached hydrogens (tertiary/aromatic N) is 2. The number of amides is 2. The van der Waals surface area contributed by atoms with Crippen molar-refractivity contribution in [1.29, 1.82) is 0 Å². The predicted octanol–water partition coefficient (Wildman–Crippen LogP) is 5.10. The molecule has 10 heteroatoms. The number of carbonyl (C=O) groups is 3. The summed E-state index contributed by atoms with van der Waals surface area (Å²) in [5.41, 5.74) is 3.67. The number of rotatable bonds is 16. The maximum absolute atomic E-state index is 13.8. The van der Waals surface area contributed by atoms with Crippen LogP contribution in [0.25, 0.3) is 11.6 Å². The number of benzene rings is 2. The number of fused-ring (bicyclic) bond motifs is 1. The molecule has 1 saturated heterocycles. The van der Waals surface area contributed by atoms with Crippen LogP contribution in [0, 0.1) is 17.8 Å². The van der Waals surface area contributed by atoms with E-state index in [-0.39, 0.29) is 50.0 Å². The summed E-state index contributed by atoms with van der Waals surface area (Å²) in [5.74, 6) is -3.05. The van der Waals surface area contributed by atoms with E-state index >= 15 is 0 Å². The van der Waals surface area contributed by atoms with Crippen LogP contribution in [-0.2, 0) is 14.4 Å². The molecule has 48 heavy (non-hydrogen) atoms. The van der Waals surface area contributed by atoms with E-state index in [1.807, 2.05) is 54.6 Å². The number of hydrogen-bond donors (Lipinski definition) is 4. The second-order valence-electron chi connectivity index (χ2n) is 12.3. The van der Waals surface area contributed by atoms with Gasteiger partial charge in [-0.05, 0) is 96.9 Å². The molecule has 252 valence electrons. The predicted molar refractivity (Wildman–Crippen MR) is 179 cm³/mol. The third-order valence-electron chi connectivity index (χ3n) is 9.17. The number of ether oxygens (including phenoxy) is 1. The van der Waals surface area contributed by atoms with Gasteiger partial charge in [-0.1, -0.05) is 42.8 Å². The number of hydrogen-bond acceptors (Lipinski definition) is 8. The van der Waals surface area contributed by atoms with Gasteiger partial charge in [0, 0.05) is 25.1 Å². The Kier molecular flexibility index (Phi) is 11.8. The minimum atomic E-state index is -1.04. The van der Waals surface area contributed by atoms with Crippen molar-refractivity contribution in [1.82, 2.24) is 9.88 Å². The highest BCUT2D eigenvalue weighted by Crippen LogP contribution is 2.46. The van der Waals surface area contributed by atoms with Gasteiger partial charge in [-0.2, -0.15) is 0 Å². The smallest absolute Gasteiger partial charge is 0.303 e. The summed E-state index contributed by atoms with van der Waals surface area (Å²) in [5, 5.41) is 41.3. The molecule has 0 saturated carbocycles. The van der Waals surface area contributed by atoms with Gasteiger partial charge < -0.3 is 25.2 Å². The van der Waals surface area contributed by atoms with E-state index < -0.39 is 36.4 Å². The summed E-state index contributed by atoms with van der Waals surface area (Å²) >= 11 is 0. The number of carboxylic acid groups (broad SMARTS) is 1. The monoisotopic (exact) mass is 654 g/mol. The Balaban J connectivity index is 1.41. The summed E-state index contributed by atoms with van der Waals surface area (Å²) in [7, 11) is 0. The molecule has 1 aliphatic heterocycles. The molecule has 5 rings (SSSR count). The van der Waals surface area contributed by atoms with Crippen LogP contribution in [0.15, 0.2) is 90.1 Å². The van der Waals surface area contributed by atoms with Crippen LogP contribution in [0.3, 0.4) is 0 Å². The Morgan fingerprint density at radius 3 is 2.40 bits per heavy atom. The van der Waals surface area contributed by atoms with E-state index in [1.54, 1.807) is 30.5 Å². The molecular formula is C38H42N2O8. The molecule has 1 fully saturated rings. The van der Waals surface area contributed by atoms with Crippen molar-refractivity contribution in [2.75, 3.05) is 19.8 Å². The van der Waals surface area contributed by atoms with E-state index in [9.17, 15) is 29.7 Å². The zero-order valence-electron chi connectivity index (χ0n) is 26.8. The van der Waals surface area contributed by atoms with Crippen LogP contribution in [0.4, 0.5) is 0 Å². The number of aliphatic hydroxyl groups is 2. The normalized spacial score (nSPS) is 20.2. The number of likely N-dealkylation sites (tertiary alicyclic amines) is 1. The number of carboxylic acids is 1. The number of aromatic hydroxyl groups is 1. The van der Waals surface area contributed by atoms with Crippen LogP contribution in [-0.4, -0.2) is 74.0 Å². The van der Waals surface area contributed by atoms with Crippen LogP contribution in [0.2, 0.25) is 0 Å². The lowest BCUT2D eigenvalue weighted by atomic mass is 9.68. The lowest BCUT2D eigenvalue weighted by molar-refractivity contribution is -0.141. The van der Waals surface area contributed by atoms with Crippen molar-refractivity contribution < 1.29 is 39.5 Å². The summed E-state index contributed by atoms with van der Waals surface area (Å²) in [4.78, 5) is 44.0. The van der Waals surface area contributed by atoms with Gasteiger partial charge in [0.25, 0.3) is 0 Å². The zero-order valence-corrected chi connectivity index (χ0v) is 26.8. The van der Waals surface area contributed by atoms with Gasteiger partial charge in [-0.25, -0.2) is 0 Å². The number of imide groups is 1. The van der Waals surface area contributed by atoms with Crippen LogP contribution >= 0.6 is 0 Å². The van der Waals surface area contributed by atoms with Crippen LogP contribution in [0.1, 0.15) is 56.2 Å². The molecule has 2 heterocycles.